The highest BCUT2D eigenvalue weighted by molar-refractivity contribution is 5.85. The standard InChI is InChI=1S/C16H11N/c1-2-12-3-5-13(6-4-12)14-7-8-16-15(11-14)9-10-17-16/h1,3-11,17H. The number of nitrogens with one attached hydrogen (secondary N) is 1. The predicted molar refractivity (Wildman–Crippen MR) is 71.7 cm³/mol. The smallest absolute Gasteiger partial charge is 0.0454 e. The molecule has 0 amide bonds. The number of benzene rings is 2. The monoisotopic (exact) mass is 217 g/mol. The van der Waals surface area contributed by atoms with Gasteiger partial charge in [0.25, 0.3) is 0 Å². The summed E-state index contributed by atoms with van der Waals surface area (Å²) in [6.45, 7) is 0. The molecule has 1 heterocycles. The van der Waals surface area contributed by atoms with Crippen LogP contribution in [-0.2, 0) is 0 Å². The van der Waals surface area contributed by atoms with Gasteiger partial charge in [-0.2, -0.15) is 0 Å². The van der Waals surface area contributed by atoms with Gasteiger partial charge in [0.05, 0.1) is 0 Å². The molecule has 0 atom stereocenters. The van der Waals surface area contributed by atoms with Crippen LogP contribution in [0.15, 0.2) is 54.7 Å². The average Bonchev–Trinajstić information content (AvgIpc) is 2.86. The third kappa shape index (κ3) is 1.70. The summed E-state index contributed by atoms with van der Waals surface area (Å²) in [4.78, 5) is 3.19. The molecular weight excluding hydrogens is 206 g/mol. The average molecular weight is 217 g/mol. The maximum atomic E-state index is 5.34. The summed E-state index contributed by atoms with van der Waals surface area (Å²) < 4.78 is 0. The lowest BCUT2D eigenvalue weighted by molar-refractivity contribution is 1.48. The summed E-state index contributed by atoms with van der Waals surface area (Å²) in [7, 11) is 0. The van der Waals surface area contributed by atoms with Crippen LogP contribution in [0.4, 0.5) is 0 Å². The van der Waals surface area contributed by atoms with E-state index in [9.17, 15) is 0 Å². The molecule has 0 unspecified atom stereocenters. The second kappa shape index (κ2) is 3.84. The lowest BCUT2D eigenvalue weighted by atomic mass is 10.0. The quantitative estimate of drug-likeness (QED) is 0.596. The molecule has 0 fully saturated rings. The first kappa shape index (κ1) is 9.74. The van der Waals surface area contributed by atoms with Crippen LogP contribution in [0.25, 0.3) is 22.0 Å². The molecule has 1 N–H and O–H groups in total. The van der Waals surface area contributed by atoms with Crippen LogP contribution in [-0.4, -0.2) is 4.98 Å². The second-order valence-corrected chi connectivity index (χ2v) is 4.00. The fraction of sp³-hybridized carbons (Fsp3) is 0. The second-order valence-electron chi connectivity index (χ2n) is 4.00. The number of terminal acetylenes is 1. The van der Waals surface area contributed by atoms with Gasteiger partial charge < -0.3 is 4.98 Å². The Balaban J connectivity index is 2.10. The van der Waals surface area contributed by atoms with Crippen molar-refractivity contribution >= 4 is 10.9 Å². The summed E-state index contributed by atoms with van der Waals surface area (Å²) in [6, 6.07) is 16.5. The molecule has 0 aliphatic rings. The van der Waals surface area contributed by atoms with Crippen molar-refractivity contribution in [1.29, 1.82) is 0 Å². The summed E-state index contributed by atoms with van der Waals surface area (Å²) in [6.07, 6.45) is 7.30. The molecule has 2 aromatic carbocycles. The lowest BCUT2D eigenvalue weighted by Gasteiger charge is -2.02. The molecule has 17 heavy (non-hydrogen) atoms. The number of aromatic amines is 1. The van der Waals surface area contributed by atoms with E-state index in [-0.39, 0.29) is 0 Å². The largest absolute Gasteiger partial charge is 0.361 e. The van der Waals surface area contributed by atoms with Gasteiger partial charge in [-0.15, -0.1) is 6.42 Å². The van der Waals surface area contributed by atoms with Gasteiger partial charge in [0.1, 0.15) is 0 Å². The van der Waals surface area contributed by atoms with Crippen LogP contribution in [0.3, 0.4) is 0 Å². The van der Waals surface area contributed by atoms with Crippen molar-refractivity contribution in [3.05, 3.63) is 60.3 Å². The van der Waals surface area contributed by atoms with Crippen LogP contribution in [0.1, 0.15) is 5.56 Å². The normalized spacial score (nSPS) is 10.3. The number of aromatic nitrogens is 1. The first-order valence-electron chi connectivity index (χ1n) is 5.51. The Morgan fingerprint density at radius 2 is 1.65 bits per heavy atom. The van der Waals surface area contributed by atoms with E-state index in [0.29, 0.717) is 0 Å². The summed E-state index contributed by atoms with van der Waals surface area (Å²) in [5, 5.41) is 1.23. The Morgan fingerprint density at radius 1 is 0.882 bits per heavy atom. The number of hydrogen-bond acceptors (Lipinski definition) is 0. The van der Waals surface area contributed by atoms with Crippen molar-refractivity contribution in [2.24, 2.45) is 0 Å². The molecule has 1 heteroatoms. The highest BCUT2D eigenvalue weighted by atomic mass is 14.7. The topological polar surface area (TPSA) is 15.8 Å². The number of hydrogen-bond donors (Lipinski definition) is 1. The fourth-order valence-electron chi connectivity index (χ4n) is 1.99. The molecule has 0 bridgehead atoms. The van der Waals surface area contributed by atoms with E-state index >= 15 is 0 Å². The van der Waals surface area contributed by atoms with E-state index in [1.165, 1.54) is 16.5 Å². The van der Waals surface area contributed by atoms with Gasteiger partial charge in [-0.3, -0.25) is 0 Å². The fourth-order valence-corrected chi connectivity index (χ4v) is 1.99. The molecule has 0 saturated heterocycles. The molecule has 3 aromatic rings. The van der Waals surface area contributed by atoms with Crippen molar-refractivity contribution < 1.29 is 0 Å². The Morgan fingerprint density at radius 3 is 2.41 bits per heavy atom. The van der Waals surface area contributed by atoms with Crippen LogP contribution < -0.4 is 0 Å². The predicted octanol–water partition coefficient (Wildman–Crippen LogP) is 3.82. The van der Waals surface area contributed by atoms with Crippen molar-refractivity contribution in [3.63, 3.8) is 0 Å². The molecule has 0 radical (unpaired) electrons. The summed E-state index contributed by atoms with van der Waals surface area (Å²) >= 11 is 0. The molecule has 0 aliphatic carbocycles. The SMILES string of the molecule is C#Cc1ccc(-c2ccc3[nH]ccc3c2)cc1. The first-order valence-corrected chi connectivity index (χ1v) is 5.51. The van der Waals surface area contributed by atoms with Crippen molar-refractivity contribution in [2.75, 3.05) is 0 Å². The number of fused-ring (bicyclic) bond motifs is 1. The van der Waals surface area contributed by atoms with Crippen LogP contribution in [0.2, 0.25) is 0 Å². The Bertz CT molecular complexity index is 696. The minimum atomic E-state index is 0.913. The molecule has 80 valence electrons. The minimum Gasteiger partial charge on any atom is -0.361 e. The number of rotatable bonds is 1. The highest BCUT2D eigenvalue weighted by Crippen LogP contribution is 2.24. The van der Waals surface area contributed by atoms with Gasteiger partial charge >= 0.3 is 0 Å². The van der Waals surface area contributed by atoms with Crippen LogP contribution in [0, 0.1) is 12.3 Å². The van der Waals surface area contributed by atoms with E-state index in [1.807, 2.05) is 18.3 Å². The molecule has 3 rings (SSSR count). The van der Waals surface area contributed by atoms with E-state index in [4.69, 9.17) is 6.42 Å². The van der Waals surface area contributed by atoms with E-state index < -0.39 is 0 Å². The Labute approximate surface area is 100 Å². The zero-order valence-electron chi connectivity index (χ0n) is 9.27. The first-order chi connectivity index (χ1) is 8.36. The third-order valence-electron chi connectivity index (χ3n) is 2.94. The number of H-pyrrole nitrogens is 1. The third-order valence-corrected chi connectivity index (χ3v) is 2.94. The maximum absolute atomic E-state index is 5.34. The van der Waals surface area contributed by atoms with Gasteiger partial charge in [-0.05, 0) is 46.8 Å². The maximum Gasteiger partial charge on any atom is 0.0454 e. The summed E-state index contributed by atoms with van der Waals surface area (Å²) in [5.74, 6) is 2.63. The molecule has 0 saturated carbocycles. The van der Waals surface area contributed by atoms with Crippen LogP contribution >= 0.6 is 0 Å². The van der Waals surface area contributed by atoms with Gasteiger partial charge in [-0.25, -0.2) is 0 Å². The van der Waals surface area contributed by atoms with Gasteiger partial charge in [0, 0.05) is 17.3 Å². The molecule has 1 nitrogen and oxygen atoms in total. The molecule has 1 aromatic heterocycles. The van der Waals surface area contributed by atoms with Gasteiger partial charge in [0.2, 0.25) is 0 Å². The van der Waals surface area contributed by atoms with Gasteiger partial charge in [0.15, 0.2) is 0 Å². The van der Waals surface area contributed by atoms with E-state index in [2.05, 4.69) is 47.3 Å². The zero-order chi connectivity index (χ0) is 11.7. The highest BCUT2D eigenvalue weighted by Gasteiger charge is 2.00. The van der Waals surface area contributed by atoms with Crippen LogP contribution in [0.5, 0.6) is 0 Å². The van der Waals surface area contributed by atoms with Crippen molar-refractivity contribution in [2.45, 2.75) is 0 Å². The molecular formula is C16H11N. The van der Waals surface area contributed by atoms with Crippen molar-refractivity contribution in [1.82, 2.24) is 4.98 Å². The summed E-state index contributed by atoms with van der Waals surface area (Å²) in [5.41, 5.74) is 4.47. The van der Waals surface area contributed by atoms with Gasteiger partial charge in [-0.1, -0.05) is 24.1 Å². The Kier molecular flexibility index (Phi) is 2.20. The Hall–Kier alpha value is -2.46. The van der Waals surface area contributed by atoms with E-state index in [1.54, 1.807) is 0 Å². The van der Waals surface area contributed by atoms with E-state index in [0.717, 1.165) is 11.1 Å². The molecule has 0 aliphatic heterocycles. The minimum absolute atomic E-state index is 0.913. The lowest BCUT2D eigenvalue weighted by Crippen LogP contribution is -1.79. The zero-order valence-corrected chi connectivity index (χ0v) is 9.27. The molecule has 0 spiro atoms. The van der Waals surface area contributed by atoms with Crippen molar-refractivity contribution in [3.8, 4) is 23.5 Å².